The Labute approximate surface area is 126 Å². The van der Waals surface area contributed by atoms with Gasteiger partial charge in [0.1, 0.15) is 5.82 Å². The summed E-state index contributed by atoms with van der Waals surface area (Å²) in [6, 6.07) is 5.59. The van der Waals surface area contributed by atoms with Crippen LogP contribution in [0.3, 0.4) is 0 Å². The smallest absolute Gasteiger partial charge is 0.141 e. The maximum atomic E-state index is 13.2. The Kier molecular flexibility index (Phi) is 5.86. The summed E-state index contributed by atoms with van der Waals surface area (Å²) in [6.45, 7) is 5.42. The van der Waals surface area contributed by atoms with E-state index < -0.39 is 0 Å². The van der Waals surface area contributed by atoms with Crippen LogP contribution in [0, 0.1) is 17.7 Å². The van der Waals surface area contributed by atoms with E-state index in [0.29, 0.717) is 6.04 Å². The highest BCUT2D eigenvalue weighted by molar-refractivity contribution is 6.30. The molecule has 0 spiro atoms. The topological polar surface area (TPSA) is 12.0 Å². The van der Waals surface area contributed by atoms with Crippen LogP contribution < -0.4 is 5.32 Å². The van der Waals surface area contributed by atoms with E-state index in [0.717, 1.165) is 30.4 Å². The van der Waals surface area contributed by atoms with E-state index in [1.165, 1.54) is 31.7 Å². The molecule has 0 aromatic heterocycles. The van der Waals surface area contributed by atoms with Crippen LogP contribution in [0.1, 0.15) is 45.1 Å². The molecule has 20 heavy (non-hydrogen) atoms. The summed E-state index contributed by atoms with van der Waals surface area (Å²) >= 11 is 5.88. The zero-order valence-corrected chi connectivity index (χ0v) is 13.2. The Hall–Kier alpha value is -0.600. The highest BCUT2D eigenvalue weighted by atomic mass is 35.5. The van der Waals surface area contributed by atoms with Gasteiger partial charge in [0.25, 0.3) is 0 Å². The average Bonchev–Trinajstić information content (AvgIpc) is 2.91. The van der Waals surface area contributed by atoms with Crippen molar-refractivity contribution >= 4 is 11.6 Å². The van der Waals surface area contributed by atoms with Crippen molar-refractivity contribution in [3.8, 4) is 0 Å². The van der Waals surface area contributed by atoms with Gasteiger partial charge in [-0.2, -0.15) is 0 Å². The maximum Gasteiger partial charge on any atom is 0.141 e. The van der Waals surface area contributed by atoms with Gasteiger partial charge in [-0.3, -0.25) is 0 Å². The summed E-state index contributed by atoms with van der Waals surface area (Å²) in [7, 11) is 0. The number of benzene rings is 1. The lowest BCUT2D eigenvalue weighted by molar-refractivity contribution is 0.349. The fourth-order valence-electron chi connectivity index (χ4n) is 3.44. The van der Waals surface area contributed by atoms with Crippen molar-refractivity contribution in [1.29, 1.82) is 0 Å². The Bertz CT molecular complexity index is 435. The van der Waals surface area contributed by atoms with Crippen molar-refractivity contribution in [2.75, 3.05) is 6.54 Å². The number of likely N-dealkylation sites (N-methyl/N-ethyl adjacent to an activating group) is 1. The van der Waals surface area contributed by atoms with Gasteiger partial charge in [0.2, 0.25) is 0 Å². The molecular formula is C17H25ClFN. The minimum absolute atomic E-state index is 0.232. The Morgan fingerprint density at radius 3 is 2.75 bits per heavy atom. The van der Waals surface area contributed by atoms with Gasteiger partial charge < -0.3 is 5.32 Å². The van der Waals surface area contributed by atoms with Crippen molar-refractivity contribution in [2.45, 2.75) is 52.0 Å². The zero-order valence-electron chi connectivity index (χ0n) is 12.5. The molecule has 1 aliphatic rings. The van der Waals surface area contributed by atoms with Gasteiger partial charge in [-0.25, -0.2) is 4.39 Å². The van der Waals surface area contributed by atoms with E-state index in [2.05, 4.69) is 19.2 Å². The monoisotopic (exact) mass is 297 g/mol. The van der Waals surface area contributed by atoms with Gasteiger partial charge in [-0.1, -0.05) is 44.4 Å². The molecule has 1 saturated carbocycles. The van der Waals surface area contributed by atoms with Crippen LogP contribution >= 0.6 is 11.6 Å². The zero-order chi connectivity index (χ0) is 14.5. The van der Waals surface area contributed by atoms with Crippen LogP contribution in [0.5, 0.6) is 0 Å². The normalized spacial score (nSPS) is 24.0. The first-order chi connectivity index (χ1) is 9.63. The number of rotatable bonds is 6. The Morgan fingerprint density at radius 1 is 1.35 bits per heavy atom. The molecule has 0 bridgehead atoms. The molecule has 2 rings (SSSR count). The summed E-state index contributed by atoms with van der Waals surface area (Å²) in [4.78, 5) is 0. The fraction of sp³-hybridized carbons (Fsp3) is 0.647. The summed E-state index contributed by atoms with van der Waals surface area (Å²) in [5.74, 6) is 1.30. The van der Waals surface area contributed by atoms with E-state index in [4.69, 9.17) is 11.6 Å². The lowest BCUT2D eigenvalue weighted by atomic mass is 9.91. The van der Waals surface area contributed by atoms with E-state index in [1.54, 1.807) is 6.07 Å². The van der Waals surface area contributed by atoms with Gasteiger partial charge in [-0.05, 0) is 55.3 Å². The van der Waals surface area contributed by atoms with E-state index in [9.17, 15) is 4.39 Å². The van der Waals surface area contributed by atoms with Crippen LogP contribution in [0.2, 0.25) is 5.02 Å². The molecule has 3 heteroatoms. The lowest BCUT2D eigenvalue weighted by Crippen LogP contribution is -2.37. The van der Waals surface area contributed by atoms with Crippen molar-refractivity contribution in [2.24, 2.45) is 11.8 Å². The second-order valence-corrected chi connectivity index (χ2v) is 6.37. The molecule has 0 amide bonds. The summed E-state index contributed by atoms with van der Waals surface area (Å²) in [6.07, 6.45) is 6.22. The third-order valence-electron chi connectivity index (χ3n) is 4.63. The summed E-state index contributed by atoms with van der Waals surface area (Å²) in [5.41, 5.74) is 1.13. The molecule has 0 heterocycles. The SMILES string of the molecule is CCNC(Cc1ccc(F)c(Cl)c1)C1CCC(CC)C1. The minimum atomic E-state index is -0.331. The molecule has 1 aromatic carbocycles. The third kappa shape index (κ3) is 3.95. The van der Waals surface area contributed by atoms with Crippen LogP contribution in [-0.4, -0.2) is 12.6 Å². The first-order valence-corrected chi connectivity index (χ1v) is 8.19. The van der Waals surface area contributed by atoms with Crippen molar-refractivity contribution < 1.29 is 4.39 Å². The molecule has 0 radical (unpaired) electrons. The molecule has 1 aliphatic carbocycles. The summed E-state index contributed by atoms with van der Waals surface area (Å²) in [5, 5.41) is 3.85. The van der Waals surface area contributed by atoms with Gasteiger partial charge in [0, 0.05) is 6.04 Å². The maximum absolute atomic E-state index is 13.2. The van der Waals surface area contributed by atoms with Crippen molar-refractivity contribution in [3.63, 3.8) is 0 Å². The van der Waals surface area contributed by atoms with Gasteiger partial charge in [-0.15, -0.1) is 0 Å². The fourth-order valence-corrected chi connectivity index (χ4v) is 3.64. The molecule has 1 nitrogen and oxygen atoms in total. The summed E-state index contributed by atoms with van der Waals surface area (Å²) < 4.78 is 13.2. The molecule has 1 fully saturated rings. The predicted octanol–water partition coefficient (Wildman–Crippen LogP) is 4.83. The van der Waals surface area contributed by atoms with Crippen molar-refractivity contribution in [3.05, 3.63) is 34.6 Å². The second kappa shape index (κ2) is 7.42. The molecule has 0 aliphatic heterocycles. The minimum Gasteiger partial charge on any atom is -0.314 e. The van der Waals surface area contributed by atoms with Gasteiger partial charge in [0.15, 0.2) is 0 Å². The third-order valence-corrected chi connectivity index (χ3v) is 4.92. The predicted molar refractivity (Wildman–Crippen MR) is 83.7 cm³/mol. The molecule has 1 aromatic rings. The lowest BCUT2D eigenvalue weighted by Gasteiger charge is -2.25. The van der Waals surface area contributed by atoms with Crippen LogP contribution in [0.4, 0.5) is 4.39 Å². The number of hydrogen-bond donors (Lipinski definition) is 1. The van der Waals surface area contributed by atoms with E-state index in [-0.39, 0.29) is 10.8 Å². The Morgan fingerprint density at radius 2 is 2.15 bits per heavy atom. The number of nitrogens with one attached hydrogen (secondary N) is 1. The largest absolute Gasteiger partial charge is 0.314 e. The van der Waals surface area contributed by atoms with E-state index in [1.807, 2.05) is 6.07 Å². The molecule has 112 valence electrons. The van der Waals surface area contributed by atoms with Gasteiger partial charge in [0.05, 0.1) is 5.02 Å². The van der Waals surface area contributed by atoms with E-state index >= 15 is 0 Å². The van der Waals surface area contributed by atoms with Crippen LogP contribution in [0.25, 0.3) is 0 Å². The number of halogens is 2. The number of hydrogen-bond acceptors (Lipinski definition) is 1. The highest BCUT2D eigenvalue weighted by Crippen LogP contribution is 2.36. The molecule has 1 N–H and O–H groups in total. The van der Waals surface area contributed by atoms with Gasteiger partial charge >= 0.3 is 0 Å². The quantitative estimate of drug-likeness (QED) is 0.793. The van der Waals surface area contributed by atoms with Crippen LogP contribution in [-0.2, 0) is 6.42 Å². The Balaban J connectivity index is 2.03. The molecule has 3 unspecified atom stereocenters. The highest BCUT2D eigenvalue weighted by Gasteiger charge is 2.29. The second-order valence-electron chi connectivity index (χ2n) is 5.96. The molecular weight excluding hydrogens is 273 g/mol. The molecule has 3 atom stereocenters. The first-order valence-electron chi connectivity index (χ1n) is 7.81. The standard InChI is InChI=1S/C17H25ClFN/c1-3-12-5-7-14(9-12)17(20-4-2)11-13-6-8-16(19)15(18)10-13/h6,8,10,12,14,17,20H,3-5,7,9,11H2,1-2H3. The molecule has 0 saturated heterocycles. The first kappa shape index (κ1) is 15.8. The average molecular weight is 298 g/mol. The van der Waals surface area contributed by atoms with Crippen LogP contribution in [0.15, 0.2) is 18.2 Å². The van der Waals surface area contributed by atoms with Crippen molar-refractivity contribution in [1.82, 2.24) is 5.32 Å².